The van der Waals surface area contributed by atoms with E-state index >= 15 is 0 Å². The number of thioether (sulfide) groups is 1. The maximum Gasteiger partial charge on any atom is 0.192 e. The highest BCUT2D eigenvalue weighted by molar-refractivity contribution is 7.99. The molecule has 0 spiro atoms. The molecule has 6 heteroatoms. The van der Waals surface area contributed by atoms with Gasteiger partial charge in [0.2, 0.25) is 0 Å². The molecule has 0 atom stereocenters. The van der Waals surface area contributed by atoms with Gasteiger partial charge in [-0.3, -0.25) is 4.98 Å². The van der Waals surface area contributed by atoms with Crippen molar-refractivity contribution in [1.29, 1.82) is 5.26 Å². The summed E-state index contributed by atoms with van der Waals surface area (Å²) in [6.45, 7) is 2.80. The molecular weight excluding hydrogens is 234 g/mol. The summed E-state index contributed by atoms with van der Waals surface area (Å²) in [6, 6.07) is 5.90. The summed E-state index contributed by atoms with van der Waals surface area (Å²) in [5.41, 5.74) is 0.936. The minimum Gasteiger partial charge on any atom is -0.302 e. The second kappa shape index (κ2) is 5.46. The molecule has 0 amide bonds. The molecule has 86 valence electrons. The van der Waals surface area contributed by atoms with Gasteiger partial charge in [0.05, 0.1) is 11.8 Å². The maximum absolute atomic E-state index is 8.58. The molecule has 0 radical (unpaired) electrons. The van der Waals surface area contributed by atoms with Crippen molar-refractivity contribution >= 4 is 11.8 Å². The largest absolute Gasteiger partial charge is 0.302 e. The molecule has 0 N–H and O–H groups in total. The van der Waals surface area contributed by atoms with E-state index in [9.17, 15) is 0 Å². The van der Waals surface area contributed by atoms with Gasteiger partial charge in [0.1, 0.15) is 0 Å². The molecule has 0 aliphatic carbocycles. The Balaban J connectivity index is 2.36. The smallest absolute Gasteiger partial charge is 0.192 e. The molecule has 0 unspecified atom stereocenters. The van der Waals surface area contributed by atoms with Crippen LogP contribution in [0.25, 0.3) is 11.4 Å². The van der Waals surface area contributed by atoms with Crippen molar-refractivity contribution in [2.24, 2.45) is 0 Å². The topological polar surface area (TPSA) is 67.4 Å². The highest BCUT2D eigenvalue weighted by atomic mass is 32.2. The average molecular weight is 245 g/mol. The van der Waals surface area contributed by atoms with Gasteiger partial charge in [0.15, 0.2) is 11.0 Å². The summed E-state index contributed by atoms with van der Waals surface area (Å²) in [7, 11) is 0. The molecule has 0 aliphatic heterocycles. The van der Waals surface area contributed by atoms with Crippen LogP contribution >= 0.6 is 11.8 Å². The number of rotatable bonds is 4. The molecule has 5 nitrogen and oxygen atoms in total. The molecule has 0 aliphatic rings. The molecule has 2 aromatic rings. The summed E-state index contributed by atoms with van der Waals surface area (Å²) < 4.78 is 1.99. The highest BCUT2D eigenvalue weighted by Crippen LogP contribution is 2.22. The van der Waals surface area contributed by atoms with Crippen LogP contribution in [-0.2, 0) is 6.54 Å². The van der Waals surface area contributed by atoms with E-state index in [4.69, 9.17) is 5.26 Å². The summed E-state index contributed by atoms with van der Waals surface area (Å²) in [5.74, 6) is 1.17. The zero-order chi connectivity index (χ0) is 12.1. The van der Waals surface area contributed by atoms with Crippen molar-refractivity contribution in [2.75, 3.05) is 5.75 Å². The van der Waals surface area contributed by atoms with Crippen LogP contribution in [0.1, 0.15) is 6.92 Å². The van der Waals surface area contributed by atoms with E-state index in [1.54, 1.807) is 12.4 Å². The zero-order valence-electron chi connectivity index (χ0n) is 9.37. The van der Waals surface area contributed by atoms with Gasteiger partial charge >= 0.3 is 0 Å². The third-order valence-corrected chi connectivity index (χ3v) is 3.05. The lowest BCUT2D eigenvalue weighted by atomic mass is 10.3. The Morgan fingerprint density at radius 3 is 3.00 bits per heavy atom. The van der Waals surface area contributed by atoms with Gasteiger partial charge in [-0.05, 0) is 19.1 Å². The van der Waals surface area contributed by atoms with E-state index in [0.717, 1.165) is 23.1 Å². The number of nitriles is 1. The molecular formula is C11H11N5S. The number of pyridine rings is 1. The molecule has 0 saturated carbocycles. The lowest BCUT2D eigenvalue weighted by Crippen LogP contribution is -1.99. The lowest BCUT2D eigenvalue weighted by Gasteiger charge is -2.05. The third-order valence-electron chi connectivity index (χ3n) is 2.22. The first-order chi connectivity index (χ1) is 8.36. The molecule has 2 aromatic heterocycles. The average Bonchev–Trinajstić information content (AvgIpc) is 2.80. The summed E-state index contributed by atoms with van der Waals surface area (Å²) in [4.78, 5) is 4.07. The molecule has 17 heavy (non-hydrogen) atoms. The molecule has 0 aromatic carbocycles. The first kappa shape index (κ1) is 11.6. The van der Waals surface area contributed by atoms with Crippen LogP contribution in [0.3, 0.4) is 0 Å². The molecule has 0 fully saturated rings. The van der Waals surface area contributed by atoms with E-state index in [0.29, 0.717) is 5.75 Å². The summed E-state index contributed by atoms with van der Waals surface area (Å²) >= 11 is 1.39. The summed E-state index contributed by atoms with van der Waals surface area (Å²) in [6.07, 6.45) is 3.48. The Morgan fingerprint density at radius 2 is 2.35 bits per heavy atom. The Labute approximate surface area is 104 Å². The SMILES string of the molecule is CCn1c(SCC#N)nnc1-c1cccnc1. The Morgan fingerprint density at radius 1 is 1.47 bits per heavy atom. The van der Waals surface area contributed by atoms with Crippen LogP contribution in [-0.4, -0.2) is 25.5 Å². The second-order valence-electron chi connectivity index (χ2n) is 3.24. The second-order valence-corrected chi connectivity index (χ2v) is 4.18. The molecule has 0 saturated heterocycles. The summed E-state index contributed by atoms with van der Waals surface area (Å²) in [5, 5.41) is 17.6. The Kier molecular flexibility index (Phi) is 3.73. The first-order valence-corrected chi connectivity index (χ1v) is 6.18. The van der Waals surface area contributed by atoms with E-state index in [1.165, 1.54) is 11.8 Å². The molecule has 0 bridgehead atoms. The van der Waals surface area contributed by atoms with E-state index in [2.05, 4.69) is 21.3 Å². The van der Waals surface area contributed by atoms with Crippen LogP contribution in [0.5, 0.6) is 0 Å². The van der Waals surface area contributed by atoms with E-state index in [-0.39, 0.29) is 0 Å². The van der Waals surface area contributed by atoms with Gasteiger partial charge < -0.3 is 4.57 Å². The fourth-order valence-electron chi connectivity index (χ4n) is 1.49. The quantitative estimate of drug-likeness (QED) is 0.770. The van der Waals surface area contributed by atoms with Crippen LogP contribution in [0.2, 0.25) is 0 Å². The number of hydrogen-bond acceptors (Lipinski definition) is 5. The standard InChI is InChI=1S/C11H11N5S/c1-2-16-10(9-4-3-6-13-8-9)14-15-11(16)17-7-5-12/h3-4,6,8H,2,7H2,1H3. The number of hydrogen-bond donors (Lipinski definition) is 0. The van der Waals surface area contributed by atoms with E-state index < -0.39 is 0 Å². The van der Waals surface area contributed by atoms with Gasteiger partial charge in [-0.2, -0.15) is 5.26 Å². The molecule has 2 rings (SSSR count). The predicted molar refractivity (Wildman–Crippen MR) is 65.3 cm³/mol. The normalized spacial score (nSPS) is 10.1. The Bertz CT molecular complexity index is 529. The minimum atomic E-state index is 0.380. The zero-order valence-corrected chi connectivity index (χ0v) is 10.2. The van der Waals surface area contributed by atoms with Crippen molar-refractivity contribution in [3.8, 4) is 17.5 Å². The lowest BCUT2D eigenvalue weighted by molar-refractivity contribution is 0.687. The van der Waals surface area contributed by atoms with Crippen molar-refractivity contribution < 1.29 is 0 Å². The predicted octanol–water partition coefficient (Wildman–Crippen LogP) is 1.98. The fourth-order valence-corrected chi connectivity index (χ4v) is 2.15. The van der Waals surface area contributed by atoms with E-state index in [1.807, 2.05) is 23.6 Å². The maximum atomic E-state index is 8.58. The van der Waals surface area contributed by atoms with Crippen molar-refractivity contribution in [1.82, 2.24) is 19.7 Å². The third kappa shape index (κ3) is 2.45. The van der Waals surface area contributed by atoms with Crippen LogP contribution in [0.15, 0.2) is 29.7 Å². The highest BCUT2D eigenvalue weighted by Gasteiger charge is 2.12. The van der Waals surface area contributed by atoms with Gasteiger partial charge in [-0.1, -0.05) is 11.8 Å². The van der Waals surface area contributed by atoms with Gasteiger partial charge in [0.25, 0.3) is 0 Å². The van der Waals surface area contributed by atoms with Gasteiger partial charge in [0, 0.05) is 24.5 Å². The van der Waals surface area contributed by atoms with Crippen LogP contribution < -0.4 is 0 Å². The number of aromatic nitrogens is 4. The number of nitrogens with zero attached hydrogens (tertiary/aromatic N) is 5. The fraction of sp³-hybridized carbons (Fsp3) is 0.273. The van der Waals surface area contributed by atoms with Crippen molar-refractivity contribution in [3.63, 3.8) is 0 Å². The van der Waals surface area contributed by atoms with Crippen LogP contribution in [0, 0.1) is 11.3 Å². The van der Waals surface area contributed by atoms with Crippen molar-refractivity contribution in [3.05, 3.63) is 24.5 Å². The van der Waals surface area contributed by atoms with Crippen molar-refractivity contribution in [2.45, 2.75) is 18.6 Å². The van der Waals surface area contributed by atoms with Gasteiger partial charge in [-0.15, -0.1) is 10.2 Å². The first-order valence-electron chi connectivity index (χ1n) is 5.20. The molecule has 2 heterocycles. The minimum absolute atomic E-state index is 0.380. The van der Waals surface area contributed by atoms with Crippen LogP contribution in [0.4, 0.5) is 0 Å². The van der Waals surface area contributed by atoms with Gasteiger partial charge in [-0.25, -0.2) is 0 Å². The monoisotopic (exact) mass is 245 g/mol. The Hall–Kier alpha value is -1.87.